The van der Waals surface area contributed by atoms with Gasteiger partial charge < -0.3 is 9.64 Å². The summed E-state index contributed by atoms with van der Waals surface area (Å²) in [4.78, 5) is 13.2. The zero-order valence-corrected chi connectivity index (χ0v) is 7.88. The summed E-state index contributed by atoms with van der Waals surface area (Å²) < 4.78 is 5.46. The van der Waals surface area contributed by atoms with Crippen LogP contribution in [-0.2, 0) is 9.53 Å². The van der Waals surface area contributed by atoms with E-state index in [1.807, 2.05) is 11.8 Å². The van der Waals surface area contributed by atoms with Gasteiger partial charge in [-0.1, -0.05) is 13.8 Å². The summed E-state index contributed by atoms with van der Waals surface area (Å²) in [7, 11) is 0. The summed E-state index contributed by atoms with van der Waals surface area (Å²) in [6.45, 7) is 6.24. The molecule has 1 atom stereocenters. The first kappa shape index (κ1) is 9.52. The highest BCUT2D eigenvalue weighted by molar-refractivity contribution is 5.75. The minimum atomic E-state index is 0.247. The predicted molar refractivity (Wildman–Crippen MR) is 46.9 cm³/mol. The van der Waals surface area contributed by atoms with Gasteiger partial charge in [-0.2, -0.15) is 0 Å². The fourth-order valence-electron chi connectivity index (χ4n) is 1.42. The Morgan fingerprint density at radius 2 is 2.33 bits per heavy atom. The zero-order chi connectivity index (χ0) is 8.97. The molecule has 0 radical (unpaired) electrons. The van der Waals surface area contributed by atoms with Gasteiger partial charge in [0.15, 0.2) is 0 Å². The molecule has 0 N–H and O–H groups in total. The quantitative estimate of drug-likeness (QED) is 0.621. The van der Waals surface area contributed by atoms with E-state index in [0.29, 0.717) is 13.0 Å². The Bertz CT molecular complexity index is 159. The van der Waals surface area contributed by atoms with Crippen molar-refractivity contribution >= 4 is 5.91 Å². The molecule has 1 amide bonds. The van der Waals surface area contributed by atoms with E-state index in [9.17, 15) is 4.79 Å². The lowest BCUT2D eigenvalue weighted by atomic mass is 10.2. The topological polar surface area (TPSA) is 29.5 Å². The minimum Gasteiger partial charge on any atom is -0.375 e. The summed E-state index contributed by atoms with van der Waals surface area (Å²) in [6, 6.07) is 0. The lowest BCUT2D eigenvalue weighted by molar-refractivity contribution is -0.138. The van der Waals surface area contributed by atoms with Crippen molar-refractivity contribution in [2.75, 3.05) is 19.7 Å². The molecule has 70 valence electrons. The first-order chi connectivity index (χ1) is 5.77. The fourth-order valence-corrected chi connectivity index (χ4v) is 1.42. The van der Waals surface area contributed by atoms with Crippen LogP contribution in [0.15, 0.2) is 0 Å². The molecule has 0 aliphatic carbocycles. The Hall–Kier alpha value is -0.570. The van der Waals surface area contributed by atoms with Gasteiger partial charge in [0.05, 0.1) is 12.7 Å². The average Bonchev–Trinajstić information content (AvgIpc) is 2.17. The number of hydrogen-bond acceptors (Lipinski definition) is 2. The SMILES string of the molecule is CCC(=O)N1CCOC(CC)C1. The van der Waals surface area contributed by atoms with Gasteiger partial charge >= 0.3 is 0 Å². The van der Waals surface area contributed by atoms with Gasteiger partial charge in [-0.3, -0.25) is 4.79 Å². The van der Waals surface area contributed by atoms with E-state index in [2.05, 4.69) is 6.92 Å². The Balaban J connectivity index is 2.40. The van der Waals surface area contributed by atoms with Gasteiger partial charge in [-0.15, -0.1) is 0 Å². The van der Waals surface area contributed by atoms with Crippen molar-refractivity contribution in [3.8, 4) is 0 Å². The van der Waals surface area contributed by atoms with E-state index in [4.69, 9.17) is 4.74 Å². The average molecular weight is 171 g/mol. The molecule has 3 heteroatoms. The van der Waals surface area contributed by atoms with E-state index in [1.165, 1.54) is 0 Å². The lowest BCUT2D eigenvalue weighted by Gasteiger charge is -2.32. The zero-order valence-electron chi connectivity index (χ0n) is 7.88. The van der Waals surface area contributed by atoms with Crippen molar-refractivity contribution < 1.29 is 9.53 Å². The monoisotopic (exact) mass is 171 g/mol. The van der Waals surface area contributed by atoms with Gasteiger partial charge in [0.2, 0.25) is 5.91 Å². The van der Waals surface area contributed by atoms with E-state index < -0.39 is 0 Å². The number of carbonyl (C=O) groups excluding carboxylic acids is 1. The molecular weight excluding hydrogens is 154 g/mol. The molecule has 0 bridgehead atoms. The standard InChI is InChI=1S/C9H17NO2/c1-3-8-7-10(5-6-12-8)9(11)4-2/h8H,3-7H2,1-2H3. The summed E-state index contributed by atoms with van der Waals surface area (Å²) in [5.74, 6) is 0.247. The van der Waals surface area contributed by atoms with Gasteiger partial charge in [-0.05, 0) is 6.42 Å². The molecule has 1 aliphatic rings. The van der Waals surface area contributed by atoms with Crippen molar-refractivity contribution in [1.82, 2.24) is 4.90 Å². The molecule has 1 fully saturated rings. The maximum absolute atomic E-state index is 11.3. The highest BCUT2D eigenvalue weighted by Crippen LogP contribution is 2.08. The first-order valence-corrected chi connectivity index (χ1v) is 4.67. The third kappa shape index (κ3) is 2.21. The van der Waals surface area contributed by atoms with Gasteiger partial charge in [-0.25, -0.2) is 0 Å². The van der Waals surface area contributed by atoms with Crippen molar-refractivity contribution in [1.29, 1.82) is 0 Å². The second-order valence-electron chi connectivity index (χ2n) is 3.09. The van der Waals surface area contributed by atoms with Crippen LogP contribution < -0.4 is 0 Å². The molecule has 0 spiro atoms. The molecule has 0 aromatic carbocycles. The molecule has 1 rings (SSSR count). The van der Waals surface area contributed by atoms with E-state index in [1.54, 1.807) is 0 Å². The van der Waals surface area contributed by atoms with Crippen LogP contribution in [0, 0.1) is 0 Å². The molecule has 0 aromatic rings. The van der Waals surface area contributed by atoms with E-state index in [-0.39, 0.29) is 12.0 Å². The van der Waals surface area contributed by atoms with Crippen LogP contribution in [0.4, 0.5) is 0 Å². The maximum atomic E-state index is 11.3. The highest BCUT2D eigenvalue weighted by Gasteiger charge is 2.21. The van der Waals surface area contributed by atoms with Crippen LogP contribution in [-0.4, -0.2) is 36.6 Å². The van der Waals surface area contributed by atoms with Crippen molar-refractivity contribution in [2.45, 2.75) is 32.8 Å². The summed E-state index contributed by atoms with van der Waals surface area (Å²) >= 11 is 0. The number of morpholine rings is 1. The largest absolute Gasteiger partial charge is 0.375 e. The fraction of sp³-hybridized carbons (Fsp3) is 0.889. The third-order valence-corrected chi connectivity index (χ3v) is 2.25. The number of carbonyl (C=O) groups is 1. The summed E-state index contributed by atoms with van der Waals surface area (Å²) in [6.07, 6.45) is 1.86. The molecular formula is C9H17NO2. The Kier molecular flexibility index (Phi) is 3.53. The Morgan fingerprint density at radius 1 is 1.58 bits per heavy atom. The molecule has 1 heterocycles. The third-order valence-electron chi connectivity index (χ3n) is 2.25. The van der Waals surface area contributed by atoms with Gasteiger partial charge in [0.1, 0.15) is 0 Å². The Morgan fingerprint density at radius 3 is 2.92 bits per heavy atom. The summed E-state index contributed by atoms with van der Waals surface area (Å²) in [5.41, 5.74) is 0. The van der Waals surface area contributed by atoms with Crippen LogP contribution in [0.3, 0.4) is 0 Å². The van der Waals surface area contributed by atoms with E-state index >= 15 is 0 Å². The number of hydrogen-bond donors (Lipinski definition) is 0. The predicted octanol–water partition coefficient (Wildman–Crippen LogP) is 1.03. The minimum absolute atomic E-state index is 0.247. The van der Waals surface area contributed by atoms with Crippen LogP contribution >= 0.6 is 0 Å². The second-order valence-corrected chi connectivity index (χ2v) is 3.09. The van der Waals surface area contributed by atoms with Crippen LogP contribution in [0.1, 0.15) is 26.7 Å². The molecule has 1 aliphatic heterocycles. The highest BCUT2D eigenvalue weighted by atomic mass is 16.5. The smallest absolute Gasteiger partial charge is 0.222 e. The van der Waals surface area contributed by atoms with Crippen molar-refractivity contribution in [2.24, 2.45) is 0 Å². The van der Waals surface area contributed by atoms with Crippen LogP contribution in [0.25, 0.3) is 0 Å². The van der Waals surface area contributed by atoms with E-state index in [0.717, 1.165) is 19.5 Å². The number of ether oxygens (including phenoxy) is 1. The van der Waals surface area contributed by atoms with Crippen molar-refractivity contribution in [3.05, 3.63) is 0 Å². The van der Waals surface area contributed by atoms with Crippen molar-refractivity contribution in [3.63, 3.8) is 0 Å². The Labute approximate surface area is 73.7 Å². The maximum Gasteiger partial charge on any atom is 0.222 e. The second kappa shape index (κ2) is 4.45. The molecule has 0 saturated carbocycles. The van der Waals surface area contributed by atoms with Gasteiger partial charge in [0.25, 0.3) is 0 Å². The normalized spacial score (nSPS) is 24.2. The molecule has 1 unspecified atom stereocenters. The first-order valence-electron chi connectivity index (χ1n) is 4.67. The van der Waals surface area contributed by atoms with Crippen LogP contribution in [0.2, 0.25) is 0 Å². The number of nitrogens with zero attached hydrogens (tertiary/aromatic N) is 1. The van der Waals surface area contributed by atoms with Crippen LogP contribution in [0.5, 0.6) is 0 Å². The van der Waals surface area contributed by atoms with Gasteiger partial charge in [0, 0.05) is 19.5 Å². The summed E-state index contributed by atoms with van der Waals surface area (Å²) in [5, 5.41) is 0. The molecule has 1 saturated heterocycles. The lowest BCUT2D eigenvalue weighted by Crippen LogP contribution is -2.45. The number of rotatable bonds is 2. The molecule has 0 aromatic heterocycles. The molecule has 3 nitrogen and oxygen atoms in total. The number of amides is 1. The molecule has 12 heavy (non-hydrogen) atoms.